The highest BCUT2D eigenvalue weighted by Crippen LogP contribution is 2.27. The third-order valence-electron chi connectivity index (χ3n) is 2.90. The van der Waals surface area contributed by atoms with E-state index in [9.17, 15) is 0 Å². The monoisotopic (exact) mass is 206 g/mol. The average molecular weight is 206 g/mol. The molecule has 0 bridgehead atoms. The van der Waals surface area contributed by atoms with Crippen LogP contribution in [-0.4, -0.2) is 16.0 Å². The molecule has 0 spiro atoms. The summed E-state index contributed by atoms with van der Waals surface area (Å²) in [6, 6.07) is 2.35. The second-order valence-electron chi connectivity index (χ2n) is 4.48. The molecule has 0 aromatic carbocycles. The number of anilines is 2. The van der Waals surface area contributed by atoms with Gasteiger partial charge in [-0.15, -0.1) is 0 Å². The Morgan fingerprint density at radius 2 is 2.20 bits per heavy atom. The van der Waals surface area contributed by atoms with Crippen molar-refractivity contribution in [3.05, 3.63) is 11.9 Å². The molecule has 1 saturated carbocycles. The molecule has 1 aromatic rings. The molecule has 2 atom stereocenters. The molecule has 1 aliphatic rings. The van der Waals surface area contributed by atoms with Crippen LogP contribution in [0, 0.1) is 12.8 Å². The lowest BCUT2D eigenvalue weighted by atomic mass is 10.1. The molecule has 1 aromatic heterocycles. The number of hydrogen-bond acceptors (Lipinski definition) is 4. The first-order valence-corrected chi connectivity index (χ1v) is 5.51. The quantitative estimate of drug-likeness (QED) is 0.776. The Labute approximate surface area is 90.3 Å². The van der Waals surface area contributed by atoms with Crippen LogP contribution in [0.25, 0.3) is 0 Å². The van der Waals surface area contributed by atoms with E-state index in [1.54, 1.807) is 6.07 Å². The van der Waals surface area contributed by atoms with Gasteiger partial charge in [-0.3, -0.25) is 0 Å². The molecule has 0 aliphatic heterocycles. The zero-order valence-electron chi connectivity index (χ0n) is 9.33. The lowest BCUT2D eigenvalue weighted by Gasteiger charge is -2.13. The molecule has 15 heavy (non-hydrogen) atoms. The zero-order chi connectivity index (χ0) is 10.8. The fourth-order valence-corrected chi connectivity index (χ4v) is 2.21. The number of nitrogens with one attached hydrogen (secondary N) is 1. The molecule has 0 radical (unpaired) electrons. The largest absolute Gasteiger partial charge is 0.384 e. The van der Waals surface area contributed by atoms with Crippen molar-refractivity contribution < 1.29 is 0 Å². The van der Waals surface area contributed by atoms with E-state index in [2.05, 4.69) is 22.2 Å². The number of nitrogens with zero attached hydrogens (tertiary/aromatic N) is 2. The first kappa shape index (κ1) is 10.2. The van der Waals surface area contributed by atoms with Gasteiger partial charge >= 0.3 is 0 Å². The van der Waals surface area contributed by atoms with Gasteiger partial charge in [-0.1, -0.05) is 6.92 Å². The van der Waals surface area contributed by atoms with E-state index in [0.29, 0.717) is 11.9 Å². The summed E-state index contributed by atoms with van der Waals surface area (Å²) in [7, 11) is 0. The van der Waals surface area contributed by atoms with Gasteiger partial charge in [-0.2, -0.15) is 0 Å². The Kier molecular flexibility index (Phi) is 2.75. The third-order valence-corrected chi connectivity index (χ3v) is 2.90. The van der Waals surface area contributed by atoms with Crippen molar-refractivity contribution in [1.29, 1.82) is 0 Å². The van der Waals surface area contributed by atoms with Crippen LogP contribution in [0.4, 0.5) is 11.6 Å². The molecule has 3 N–H and O–H groups in total. The van der Waals surface area contributed by atoms with E-state index < -0.39 is 0 Å². The van der Waals surface area contributed by atoms with Gasteiger partial charge in [0.2, 0.25) is 0 Å². The maximum Gasteiger partial charge on any atom is 0.132 e. The van der Waals surface area contributed by atoms with Crippen molar-refractivity contribution in [3.63, 3.8) is 0 Å². The van der Waals surface area contributed by atoms with Gasteiger partial charge in [0.15, 0.2) is 0 Å². The Balaban J connectivity index is 2.04. The Morgan fingerprint density at radius 1 is 1.40 bits per heavy atom. The second-order valence-corrected chi connectivity index (χ2v) is 4.48. The molecular formula is C11H18N4. The molecule has 4 nitrogen and oxygen atoms in total. The van der Waals surface area contributed by atoms with Crippen LogP contribution >= 0.6 is 0 Å². The number of aromatic nitrogens is 2. The highest BCUT2D eigenvalue weighted by molar-refractivity contribution is 5.45. The summed E-state index contributed by atoms with van der Waals surface area (Å²) in [6.45, 7) is 4.15. The summed E-state index contributed by atoms with van der Waals surface area (Å²) in [5.41, 5.74) is 5.67. The van der Waals surface area contributed by atoms with Crippen LogP contribution in [0.1, 0.15) is 32.0 Å². The van der Waals surface area contributed by atoms with Gasteiger partial charge in [-0.05, 0) is 32.1 Å². The predicted octanol–water partition coefficient (Wildman–Crippen LogP) is 1.97. The molecule has 0 saturated heterocycles. The summed E-state index contributed by atoms with van der Waals surface area (Å²) in [5, 5.41) is 3.42. The molecule has 82 valence electrons. The van der Waals surface area contributed by atoms with E-state index in [-0.39, 0.29) is 0 Å². The van der Waals surface area contributed by atoms with Gasteiger partial charge in [0.05, 0.1) is 0 Å². The van der Waals surface area contributed by atoms with Crippen molar-refractivity contribution in [1.82, 2.24) is 9.97 Å². The minimum atomic E-state index is 0.538. The average Bonchev–Trinajstić information content (AvgIpc) is 2.49. The van der Waals surface area contributed by atoms with Crippen LogP contribution in [0.5, 0.6) is 0 Å². The Morgan fingerprint density at radius 3 is 2.80 bits per heavy atom. The van der Waals surface area contributed by atoms with Crippen LogP contribution in [0.2, 0.25) is 0 Å². The molecule has 2 rings (SSSR count). The number of rotatable bonds is 2. The maximum absolute atomic E-state index is 5.67. The highest BCUT2D eigenvalue weighted by atomic mass is 15.1. The van der Waals surface area contributed by atoms with Crippen molar-refractivity contribution in [2.24, 2.45) is 5.92 Å². The van der Waals surface area contributed by atoms with E-state index >= 15 is 0 Å². The van der Waals surface area contributed by atoms with E-state index in [4.69, 9.17) is 5.73 Å². The molecule has 1 heterocycles. The lowest BCUT2D eigenvalue weighted by Crippen LogP contribution is -2.17. The van der Waals surface area contributed by atoms with Gasteiger partial charge < -0.3 is 11.1 Å². The van der Waals surface area contributed by atoms with Gasteiger partial charge in [0, 0.05) is 12.1 Å². The molecular weight excluding hydrogens is 188 g/mol. The summed E-state index contributed by atoms with van der Waals surface area (Å²) < 4.78 is 0. The third kappa shape index (κ3) is 2.58. The van der Waals surface area contributed by atoms with E-state index in [1.807, 2.05) is 6.92 Å². The fraction of sp³-hybridized carbons (Fsp3) is 0.636. The van der Waals surface area contributed by atoms with E-state index in [0.717, 1.165) is 17.6 Å². The number of aryl methyl sites for hydroxylation is 1. The summed E-state index contributed by atoms with van der Waals surface area (Å²) in [5.74, 6) is 2.95. The zero-order valence-corrected chi connectivity index (χ0v) is 9.33. The summed E-state index contributed by atoms with van der Waals surface area (Å²) in [6.07, 6.45) is 3.75. The first-order valence-electron chi connectivity index (χ1n) is 5.51. The Hall–Kier alpha value is -1.32. The van der Waals surface area contributed by atoms with Crippen LogP contribution in [0.3, 0.4) is 0 Å². The molecule has 1 aliphatic carbocycles. The van der Waals surface area contributed by atoms with Crippen LogP contribution in [0.15, 0.2) is 6.07 Å². The van der Waals surface area contributed by atoms with Crippen molar-refractivity contribution in [2.75, 3.05) is 11.1 Å². The lowest BCUT2D eigenvalue weighted by molar-refractivity contribution is 0.602. The minimum Gasteiger partial charge on any atom is -0.384 e. The van der Waals surface area contributed by atoms with Crippen LogP contribution < -0.4 is 11.1 Å². The summed E-state index contributed by atoms with van der Waals surface area (Å²) in [4.78, 5) is 8.37. The van der Waals surface area contributed by atoms with Crippen molar-refractivity contribution in [2.45, 2.75) is 39.2 Å². The summed E-state index contributed by atoms with van der Waals surface area (Å²) >= 11 is 0. The predicted molar refractivity (Wildman–Crippen MR) is 61.6 cm³/mol. The number of nitrogen functional groups attached to an aromatic ring is 1. The Bertz CT molecular complexity index is 330. The number of hydrogen-bond donors (Lipinski definition) is 2. The van der Waals surface area contributed by atoms with Gasteiger partial charge in [-0.25, -0.2) is 9.97 Å². The standard InChI is InChI=1S/C11H18N4/c1-7-3-4-9(5-7)15-11-6-10(12)13-8(2)14-11/h6-7,9H,3-5H2,1-2H3,(H3,12,13,14,15). The molecule has 1 fully saturated rings. The van der Waals surface area contributed by atoms with Crippen molar-refractivity contribution >= 4 is 11.6 Å². The molecule has 0 amide bonds. The fourth-order valence-electron chi connectivity index (χ4n) is 2.21. The maximum atomic E-state index is 5.67. The minimum absolute atomic E-state index is 0.538. The van der Waals surface area contributed by atoms with Crippen molar-refractivity contribution in [3.8, 4) is 0 Å². The first-order chi connectivity index (χ1) is 7.13. The topological polar surface area (TPSA) is 63.8 Å². The number of nitrogens with two attached hydrogens (primary N) is 1. The molecule has 2 unspecified atom stereocenters. The SMILES string of the molecule is Cc1nc(N)cc(NC2CCC(C)C2)n1. The highest BCUT2D eigenvalue weighted by Gasteiger charge is 2.21. The van der Waals surface area contributed by atoms with Gasteiger partial charge in [0.25, 0.3) is 0 Å². The van der Waals surface area contributed by atoms with E-state index in [1.165, 1.54) is 19.3 Å². The molecule has 4 heteroatoms. The second kappa shape index (κ2) is 4.04. The van der Waals surface area contributed by atoms with Crippen LogP contribution in [-0.2, 0) is 0 Å². The smallest absolute Gasteiger partial charge is 0.132 e. The van der Waals surface area contributed by atoms with Gasteiger partial charge in [0.1, 0.15) is 17.5 Å². The normalized spacial score (nSPS) is 25.5.